The highest BCUT2D eigenvalue weighted by Crippen LogP contribution is 2.16. The number of hydrogen-bond acceptors (Lipinski definition) is 2. The van der Waals surface area contributed by atoms with Gasteiger partial charge in [0.15, 0.2) is 0 Å². The van der Waals surface area contributed by atoms with Gasteiger partial charge < -0.3 is 0 Å². The number of halogens is 1. The normalized spacial score (nSPS) is 10.4. The van der Waals surface area contributed by atoms with E-state index in [4.69, 9.17) is 11.6 Å². The number of benzene rings is 3. The molecule has 0 amide bonds. The zero-order valence-electron chi connectivity index (χ0n) is 14.3. The predicted molar refractivity (Wildman–Crippen MR) is 108 cm³/mol. The molecule has 0 aliphatic heterocycles. The number of carbonyl (C=O) groups is 1. The van der Waals surface area contributed by atoms with Gasteiger partial charge in [0, 0.05) is 21.7 Å². The maximum Gasteiger partial charge on any atom is 0.203 e. The maximum atomic E-state index is 12.5. The number of carbonyl (C=O) groups excluding carboxylic acids is 1. The number of hydrogen-bond donors (Lipinski definition) is 0. The van der Waals surface area contributed by atoms with Gasteiger partial charge in [-0.05, 0) is 60.2 Å². The summed E-state index contributed by atoms with van der Waals surface area (Å²) in [5, 5.41) is 9.89. The summed E-state index contributed by atoms with van der Waals surface area (Å²) in [6, 6.07) is 25.6. The third kappa shape index (κ3) is 4.95. The van der Waals surface area contributed by atoms with Crippen LogP contribution in [0.3, 0.4) is 0 Å². The minimum Gasteiger partial charge on any atom is -0.288 e. The van der Waals surface area contributed by atoms with Crippen molar-refractivity contribution < 1.29 is 4.79 Å². The van der Waals surface area contributed by atoms with Crippen LogP contribution < -0.4 is 0 Å². The lowest BCUT2D eigenvalue weighted by molar-refractivity contribution is 0.104. The number of nitrogens with zero attached hydrogens (tertiary/aromatic N) is 1. The molecule has 0 saturated carbocycles. The molecule has 0 radical (unpaired) electrons. The quantitative estimate of drug-likeness (QED) is 0.264. The van der Waals surface area contributed by atoms with Crippen LogP contribution in [0.4, 0.5) is 0 Å². The van der Waals surface area contributed by atoms with Crippen LogP contribution in [0, 0.1) is 23.2 Å². The van der Waals surface area contributed by atoms with E-state index in [1.165, 1.54) is 0 Å². The van der Waals surface area contributed by atoms with E-state index >= 15 is 0 Å². The lowest BCUT2D eigenvalue weighted by Gasteiger charge is -2.00. The molecule has 2 nitrogen and oxygen atoms in total. The highest BCUT2D eigenvalue weighted by molar-refractivity contribution is 6.30. The van der Waals surface area contributed by atoms with Crippen LogP contribution in [-0.2, 0) is 0 Å². The first-order valence-corrected chi connectivity index (χ1v) is 8.63. The van der Waals surface area contributed by atoms with Crippen molar-refractivity contribution in [1.82, 2.24) is 0 Å². The number of rotatable bonds is 3. The zero-order chi connectivity index (χ0) is 19.1. The van der Waals surface area contributed by atoms with Crippen molar-refractivity contribution in [2.75, 3.05) is 0 Å². The summed E-state index contributed by atoms with van der Waals surface area (Å²) in [6.45, 7) is 0. The Kier molecular flexibility index (Phi) is 5.85. The van der Waals surface area contributed by atoms with Gasteiger partial charge in [-0.3, -0.25) is 4.79 Å². The fraction of sp³-hybridized carbons (Fsp3) is 0. The summed E-state index contributed by atoms with van der Waals surface area (Å²) in [4.78, 5) is 12.5. The van der Waals surface area contributed by atoms with Gasteiger partial charge in [-0.15, -0.1) is 0 Å². The molecule has 3 aromatic rings. The van der Waals surface area contributed by atoms with E-state index < -0.39 is 0 Å². The first kappa shape index (κ1) is 18.2. The van der Waals surface area contributed by atoms with Crippen LogP contribution in [0.1, 0.15) is 27.0 Å². The first-order chi connectivity index (χ1) is 13.2. The first-order valence-electron chi connectivity index (χ1n) is 8.25. The molecule has 3 heteroatoms. The number of allylic oxidation sites excluding steroid dienone is 1. The molecule has 0 saturated heterocycles. The van der Waals surface area contributed by atoms with Crippen molar-refractivity contribution in [2.45, 2.75) is 0 Å². The monoisotopic (exact) mass is 367 g/mol. The van der Waals surface area contributed by atoms with Gasteiger partial charge in [0.25, 0.3) is 0 Å². The Balaban J connectivity index is 1.79. The van der Waals surface area contributed by atoms with Crippen molar-refractivity contribution in [1.29, 1.82) is 5.26 Å². The van der Waals surface area contributed by atoms with E-state index in [2.05, 4.69) is 11.8 Å². The lowest BCUT2D eigenvalue weighted by Crippen LogP contribution is -2.01. The van der Waals surface area contributed by atoms with Crippen molar-refractivity contribution in [3.05, 3.63) is 112 Å². The van der Waals surface area contributed by atoms with Crippen molar-refractivity contribution in [3.63, 3.8) is 0 Å². The molecule has 0 aliphatic rings. The summed E-state index contributed by atoms with van der Waals surface area (Å²) in [6.07, 6.45) is 1.57. The molecule has 0 unspecified atom stereocenters. The summed E-state index contributed by atoms with van der Waals surface area (Å²) in [5.41, 5.74) is 3.07. The van der Waals surface area contributed by atoms with E-state index in [9.17, 15) is 10.1 Å². The molecule has 0 atom stereocenters. The lowest BCUT2D eigenvalue weighted by atomic mass is 10.0. The standard InChI is InChI=1S/C24H14ClNO/c25-23-14-12-21(13-15-23)24(27)22(17-26)16-20-10-8-19(9-11-20)7-6-18-4-2-1-3-5-18/h1-5,8-16H/b22-16+. The molecule has 128 valence electrons. The van der Waals surface area contributed by atoms with E-state index in [1.807, 2.05) is 60.7 Å². The molecule has 0 aliphatic carbocycles. The highest BCUT2D eigenvalue weighted by atomic mass is 35.5. The molecule has 0 N–H and O–H groups in total. The summed E-state index contributed by atoms with van der Waals surface area (Å²) in [5.74, 6) is 5.86. The Morgan fingerprint density at radius 3 is 2.00 bits per heavy atom. The third-order valence-corrected chi connectivity index (χ3v) is 4.07. The maximum absolute atomic E-state index is 12.5. The summed E-state index contributed by atoms with van der Waals surface area (Å²) < 4.78 is 0. The number of nitriles is 1. The molecular weight excluding hydrogens is 354 g/mol. The second kappa shape index (κ2) is 8.68. The smallest absolute Gasteiger partial charge is 0.203 e. The number of Topliss-reactive ketones (excluding diaryl/α,β-unsaturated/α-hetero) is 1. The van der Waals surface area contributed by atoms with Crippen LogP contribution >= 0.6 is 11.6 Å². The second-order valence-electron chi connectivity index (χ2n) is 5.74. The summed E-state index contributed by atoms with van der Waals surface area (Å²) >= 11 is 5.84. The SMILES string of the molecule is N#C/C(=C\c1ccc(C#Cc2ccccc2)cc1)C(=O)c1ccc(Cl)cc1. The van der Waals surface area contributed by atoms with Crippen LogP contribution in [0.25, 0.3) is 6.08 Å². The average molecular weight is 368 g/mol. The molecule has 27 heavy (non-hydrogen) atoms. The summed E-state index contributed by atoms with van der Waals surface area (Å²) in [7, 11) is 0. The van der Waals surface area contributed by atoms with Gasteiger partial charge in [-0.1, -0.05) is 53.8 Å². The molecule has 0 fully saturated rings. The Labute approximate surface area is 163 Å². The highest BCUT2D eigenvalue weighted by Gasteiger charge is 2.11. The Morgan fingerprint density at radius 2 is 1.41 bits per heavy atom. The molecule has 3 aromatic carbocycles. The minimum atomic E-state index is -0.331. The molecule has 0 bridgehead atoms. The van der Waals surface area contributed by atoms with E-state index in [1.54, 1.807) is 30.3 Å². The second-order valence-corrected chi connectivity index (χ2v) is 6.18. The van der Waals surface area contributed by atoms with Crippen molar-refractivity contribution in [2.24, 2.45) is 0 Å². The topological polar surface area (TPSA) is 40.9 Å². The van der Waals surface area contributed by atoms with Gasteiger partial charge in [-0.25, -0.2) is 0 Å². The van der Waals surface area contributed by atoms with E-state index in [0.717, 1.165) is 16.7 Å². The molecular formula is C24H14ClNO. The van der Waals surface area contributed by atoms with Crippen LogP contribution in [0.15, 0.2) is 84.4 Å². The molecule has 0 heterocycles. The minimum absolute atomic E-state index is 0.0699. The van der Waals surface area contributed by atoms with Gasteiger partial charge >= 0.3 is 0 Å². The van der Waals surface area contributed by atoms with Gasteiger partial charge in [0.1, 0.15) is 11.6 Å². The molecule has 0 aromatic heterocycles. The van der Waals surface area contributed by atoms with Gasteiger partial charge in [-0.2, -0.15) is 5.26 Å². The largest absolute Gasteiger partial charge is 0.288 e. The van der Waals surface area contributed by atoms with E-state index in [-0.39, 0.29) is 11.4 Å². The zero-order valence-corrected chi connectivity index (χ0v) is 15.1. The molecule has 3 rings (SSSR count). The van der Waals surface area contributed by atoms with Gasteiger partial charge in [0.2, 0.25) is 5.78 Å². The average Bonchev–Trinajstić information content (AvgIpc) is 2.72. The van der Waals surface area contributed by atoms with Crippen LogP contribution in [-0.4, -0.2) is 5.78 Å². The van der Waals surface area contributed by atoms with Crippen molar-refractivity contribution >= 4 is 23.5 Å². The van der Waals surface area contributed by atoms with Crippen LogP contribution in [0.2, 0.25) is 5.02 Å². The Hall–Kier alpha value is -3.59. The van der Waals surface area contributed by atoms with Gasteiger partial charge in [0.05, 0.1) is 0 Å². The fourth-order valence-corrected chi connectivity index (χ4v) is 2.53. The van der Waals surface area contributed by atoms with Crippen LogP contribution in [0.5, 0.6) is 0 Å². The molecule has 0 spiro atoms. The Bertz CT molecular complexity index is 1080. The predicted octanol–water partition coefficient (Wildman–Crippen LogP) is 5.53. The van der Waals surface area contributed by atoms with E-state index in [0.29, 0.717) is 10.6 Å². The van der Waals surface area contributed by atoms with Crippen molar-refractivity contribution in [3.8, 4) is 17.9 Å². The third-order valence-electron chi connectivity index (χ3n) is 3.82. The fourth-order valence-electron chi connectivity index (χ4n) is 2.40. The number of ketones is 1. The Morgan fingerprint density at radius 1 is 0.815 bits per heavy atom.